The summed E-state index contributed by atoms with van der Waals surface area (Å²) in [7, 11) is -3.80. The van der Waals surface area contributed by atoms with Crippen molar-refractivity contribution >= 4 is 15.9 Å². The molecule has 152 valence electrons. The molecule has 28 heavy (non-hydrogen) atoms. The van der Waals surface area contributed by atoms with E-state index in [0.29, 0.717) is 18.7 Å². The molecule has 1 atom stereocenters. The maximum atomic E-state index is 13.2. The summed E-state index contributed by atoms with van der Waals surface area (Å²) in [5, 5.41) is 2.74. The van der Waals surface area contributed by atoms with Gasteiger partial charge in [0.1, 0.15) is 11.9 Å². The van der Waals surface area contributed by atoms with Crippen molar-refractivity contribution in [2.75, 3.05) is 13.2 Å². The molecule has 1 aliphatic rings. The highest BCUT2D eigenvalue weighted by Crippen LogP contribution is 2.30. The van der Waals surface area contributed by atoms with Gasteiger partial charge in [-0.15, -0.1) is 0 Å². The molecule has 1 N–H and O–H groups in total. The zero-order valence-corrected chi connectivity index (χ0v) is 17.9. The molecule has 0 saturated heterocycles. The third-order valence-corrected chi connectivity index (χ3v) is 6.00. The van der Waals surface area contributed by atoms with Gasteiger partial charge in [0.2, 0.25) is 5.91 Å². The topological polar surface area (TPSA) is 75.7 Å². The van der Waals surface area contributed by atoms with E-state index in [1.165, 1.54) is 4.31 Å². The molecule has 0 fully saturated rings. The summed E-state index contributed by atoms with van der Waals surface area (Å²) in [6, 6.07) is 6.69. The van der Waals surface area contributed by atoms with Crippen molar-refractivity contribution in [2.24, 2.45) is 5.41 Å². The van der Waals surface area contributed by atoms with Crippen LogP contribution in [0.1, 0.15) is 39.7 Å². The van der Waals surface area contributed by atoms with Crippen LogP contribution in [0, 0.1) is 24.2 Å². The Bertz CT molecular complexity index is 900. The van der Waals surface area contributed by atoms with E-state index in [1.807, 2.05) is 34.6 Å². The van der Waals surface area contributed by atoms with Crippen LogP contribution in [0.15, 0.2) is 40.9 Å². The number of carbonyl (C=O) groups is 1. The van der Waals surface area contributed by atoms with Crippen LogP contribution in [-0.2, 0) is 19.6 Å². The van der Waals surface area contributed by atoms with Gasteiger partial charge in [-0.05, 0) is 38.0 Å². The van der Waals surface area contributed by atoms with Crippen LogP contribution in [0.5, 0.6) is 0 Å². The van der Waals surface area contributed by atoms with E-state index >= 15 is 0 Å². The zero-order valence-electron chi connectivity index (χ0n) is 17.1. The van der Waals surface area contributed by atoms with Gasteiger partial charge in [0.05, 0.1) is 11.4 Å². The fourth-order valence-electron chi connectivity index (χ4n) is 2.62. The Balaban J connectivity index is 2.23. The third-order valence-electron chi connectivity index (χ3n) is 4.18. The van der Waals surface area contributed by atoms with Gasteiger partial charge in [0, 0.05) is 18.4 Å². The van der Waals surface area contributed by atoms with E-state index in [1.54, 1.807) is 30.3 Å². The molecule has 0 bridgehead atoms. The second-order valence-electron chi connectivity index (χ2n) is 7.58. The molecule has 1 aromatic carbocycles. The molecular formula is C21H28N2O4S. The number of carbonyl (C=O) groups excluding carboxylic acids is 1. The maximum Gasteiger partial charge on any atom is 0.266 e. The number of rotatable bonds is 5. The van der Waals surface area contributed by atoms with Gasteiger partial charge in [0.15, 0.2) is 0 Å². The van der Waals surface area contributed by atoms with Gasteiger partial charge < -0.3 is 10.1 Å². The predicted octanol–water partition coefficient (Wildman–Crippen LogP) is 2.80. The minimum atomic E-state index is -3.80. The molecular weight excluding hydrogens is 376 g/mol. The van der Waals surface area contributed by atoms with Crippen LogP contribution in [0.4, 0.5) is 0 Å². The van der Waals surface area contributed by atoms with Gasteiger partial charge in [-0.1, -0.05) is 44.4 Å². The smallest absolute Gasteiger partial charge is 0.266 e. The Labute approximate surface area is 168 Å². The number of hydrogen-bond donors (Lipinski definition) is 1. The molecule has 0 radical (unpaired) electrons. The highest BCUT2D eigenvalue weighted by Gasteiger charge is 2.36. The number of nitrogens with zero attached hydrogens (tertiary/aromatic N) is 1. The summed E-state index contributed by atoms with van der Waals surface area (Å²) in [5.41, 5.74) is 0.839. The minimum Gasteiger partial charge on any atom is -0.357 e. The molecule has 6 nitrogen and oxygen atoms in total. The summed E-state index contributed by atoms with van der Waals surface area (Å²) >= 11 is 0. The van der Waals surface area contributed by atoms with Gasteiger partial charge >= 0.3 is 0 Å². The van der Waals surface area contributed by atoms with Crippen molar-refractivity contribution in [3.05, 3.63) is 41.6 Å². The van der Waals surface area contributed by atoms with Crippen LogP contribution in [-0.4, -0.2) is 38.0 Å². The standard InChI is InChI=1S/C21H28N2O4S/c1-6-27-19-14-11-17(8-7-15-22-20(24)21(3,4)5)23(19)28(25,26)18-12-9-16(2)10-13-18/h9-13,19H,6,14-15H2,1-5H3,(H,22,24). The Morgan fingerprint density at radius 1 is 1.29 bits per heavy atom. The Morgan fingerprint density at radius 3 is 2.50 bits per heavy atom. The maximum absolute atomic E-state index is 13.2. The molecule has 2 rings (SSSR count). The monoisotopic (exact) mass is 404 g/mol. The van der Waals surface area contributed by atoms with E-state index in [-0.39, 0.29) is 17.3 Å². The van der Waals surface area contributed by atoms with E-state index in [2.05, 4.69) is 17.2 Å². The normalized spacial score (nSPS) is 17.0. The van der Waals surface area contributed by atoms with Gasteiger partial charge in [-0.3, -0.25) is 4.79 Å². The van der Waals surface area contributed by atoms with E-state index in [0.717, 1.165) is 5.56 Å². The SMILES string of the molecule is CCOC1CC=C(C#CCNC(=O)C(C)(C)C)N1S(=O)(=O)c1ccc(C)cc1. The first-order chi connectivity index (χ1) is 13.1. The lowest BCUT2D eigenvalue weighted by Crippen LogP contribution is -2.37. The van der Waals surface area contributed by atoms with Gasteiger partial charge in [-0.2, -0.15) is 0 Å². The number of sulfonamides is 1. The quantitative estimate of drug-likeness (QED) is 0.766. The molecule has 1 heterocycles. The number of benzene rings is 1. The Kier molecular flexibility index (Phi) is 6.91. The van der Waals surface area contributed by atoms with Crippen LogP contribution in [0.3, 0.4) is 0 Å². The van der Waals surface area contributed by atoms with E-state index < -0.39 is 21.7 Å². The third kappa shape index (κ3) is 5.15. The molecule has 7 heteroatoms. The lowest BCUT2D eigenvalue weighted by Gasteiger charge is -2.27. The van der Waals surface area contributed by atoms with Crippen molar-refractivity contribution in [1.82, 2.24) is 9.62 Å². The van der Waals surface area contributed by atoms with Gasteiger partial charge in [-0.25, -0.2) is 12.7 Å². The minimum absolute atomic E-state index is 0.112. The molecule has 0 aromatic heterocycles. The van der Waals surface area contributed by atoms with Crippen molar-refractivity contribution in [3.63, 3.8) is 0 Å². The molecule has 0 spiro atoms. The molecule has 0 aliphatic carbocycles. The number of allylic oxidation sites excluding steroid dienone is 1. The van der Waals surface area contributed by atoms with Crippen LogP contribution >= 0.6 is 0 Å². The molecule has 1 aromatic rings. The number of nitrogens with one attached hydrogen (secondary N) is 1. The summed E-state index contributed by atoms with van der Waals surface area (Å²) < 4.78 is 33.2. The lowest BCUT2D eigenvalue weighted by atomic mass is 9.96. The molecule has 1 unspecified atom stereocenters. The summed E-state index contributed by atoms with van der Waals surface area (Å²) in [5.74, 6) is 5.61. The fraction of sp³-hybridized carbons (Fsp3) is 0.476. The van der Waals surface area contributed by atoms with Crippen LogP contribution in [0.25, 0.3) is 0 Å². The second-order valence-corrected chi connectivity index (χ2v) is 9.40. The highest BCUT2D eigenvalue weighted by atomic mass is 32.2. The van der Waals surface area contributed by atoms with Crippen molar-refractivity contribution < 1.29 is 17.9 Å². The van der Waals surface area contributed by atoms with Crippen molar-refractivity contribution in [1.29, 1.82) is 0 Å². The number of ether oxygens (including phenoxy) is 1. The Morgan fingerprint density at radius 2 is 1.93 bits per heavy atom. The first-order valence-corrected chi connectivity index (χ1v) is 10.7. The first-order valence-electron chi connectivity index (χ1n) is 9.27. The number of amides is 1. The molecule has 0 saturated carbocycles. The van der Waals surface area contributed by atoms with Crippen LogP contribution in [0.2, 0.25) is 0 Å². The van der Waals surface area contributed by atoms with Crippen molar-refractivity contribution in [2.45, 2.75) is 52.2 Å². The zero-order chi connectivity index (χ0) is 20.9. The van der Waals surface area contributed by atoms with E-state index in [9.17, 15) is 13.2 Å². The fourth-order valence-corrected chi connectivity index (χ4v) is 4.16. The van der Waals surface area contributed by atoms with Gasteiger partial charge in [0.25, 0.3) is 10.0 Å². The Hall–Kier alpha value is -2.30. The average molecular weight is 405 g/mol. The lowest BCUT2D eigenvalue weighted by molar-refractivity contribution is -0.128. The summed E-state index contributed by atoms with van der Waals surface area (Å²) in [6.07, 6.45) is 1.56. The summed E-state index contributed by atoms with van der Waals surface area (Å²) in [4.78, 5) is 12.1. The van der Waals surface area contributed by atoms with Crippen molar-refractivity contribution in [3.8, 4) is 11.8 Å². The van der Waals surface area contributed by atoms with E-state index in [4.69, 9.17) is 4.74 Å². The number of aryl methyl sites for hydroxylation is 1. The second kappa shape index (κ2) is 8.80. The first kappa shape index (κ1) is 22.0. The number of hydrogen-bond acceptors (Lipinski definition) is 4. The molecule has 1 amide bonds. The largest absolute Gasteiger partial charge is 0.357 e. The summed E-state index contributed by atoms with van der Waals surface area (Å²) in [6.45, 7) is 9.71. The average Bonchev–Trinajstić information content (AvgIpc) is 3.02. The van der Waals surface area contributed by atoms with Crippen LogP contribution < -0.4 is 5.32 Å². The predicted molar refractivity (Wildman–Crippen MR) is 109 cm³/mol. The molecule has 1 aliphatic heterocycles. The highest BCUT2D eigenvalue weighted by molar-refractivity contribution is 7.89.